The summed E-state index contributed by atoms with van der Waals surface area (Å²) in [5.41, 5.74) is 4.58. The van der Waals surface area contributed by atoms with Crippen LogP contribution in [0, 0.1) is 18.3 Å². The number of carboxylic acids is 1. The van der Waals surface area contributed by atoms with Gasteiger partial charge in [-0.3, -0.25) is 4.79 Å². The summed E-state index contributed by atoms with van der Waals surface area (Å²) in [5, 5.41) is 9.73. The molecule has 196 valence electrons. The molecule has 2 atom stereocenters. The van der Waals surface area contributed by atoms with E-state index in [0.29, 0.717) is 36.8 Å². The maximum absolute atomic E-state index is 11.9. The van der Waals surface area contributed by atoms with Crippen molar-refractivity contribution in [3.63, 3.8) is 0 Å². The molecule has 3 aromatic carbocycles. The number of ether oxygens (including phenoxy) is 2. The van der Waals surface area contributed by atoms with Gasteiger partial charge >= 0.3 is 5.97 Å². The van der Waals surface area contributed by atoms with Crippen LogP contribution in [0.1, 0.15) is 37.8 Å². The molecule has 1 N–H and O–H groups in total. The van der Waals surface area contributed by atoms with Crippen LogP contribution in [0.15, 0.2) is 77.2 Å². The molecule has 0 bridgehead atoms. The molecule has 0 saturated heterocycles. The van der Waals surface area contributed by atoms with Crippen molar-refractivity contribution in [1.82, 2.24) is 4.98 Å². The summed E-state index contributed by atoms with van der Waals surface area (Å²) in [4.78, 5) is 16.7. The van der Waals surface area contributed by atoms with Gasteiger partial charge in [0.15, 0.2) is 0 Å². The minimum atomic E-state index is -0.829. The lowest BCUT2D eigenvalue weighted by molar-refractivity contribution is -0.148. The van der Waals surface area contributed by atoms with Gasteiger partial charge in [0.1, 0.15) is 23.4 Å². The molecule has 0 aliphatic carbocycles. The Morgan fingerprint density at radius 1 is 1.03 bits per heavy atom. The number of hydrogen-bond donors (Lipinski definition) is 1. The number of oxazole rings is 1. The number of benzene rings is 3. The summed E-state index contributed by atoms with van der Waals surface area (Å²) in [6, 6.07) is 24.0. The lowest BCUT2D eigenvalue weighted by Gasteiger charge is -2.39. The van der Waals surface area contributed by atoms with Crippen molar-refractivity contribution in [3.05, 3.63) is 89.8 Å². The molecule has 0 amide bonds. The first-order valence-corrected chi connectivity index (χ1v) is 13.0. The summed E-state index contributed by atoms with van der Waals surface area (Å²) in [6.45, 7) is 8.37. The first kappa shape index (κ1) is 25.6. The van der Waals surface area contributed by atoms with E-state index in [2.05, 4.69) is 18.2 Å². The number of aryl methyl sites for hydroxylation is 1. The molecule has 5 rings (SSSR count). The Kier molecular flexibility index (Phi) is 6.98. The molecular formula is C32H33NO5. The summed E-state index contributed by atoms with van der Waals surface area (Å²) in [5.74, 6) is 1.34. The highest BCUT2D eigenvalue weighted by molar-refractivity contribution is 5.80. The fraction of sp³-hybridized carbons (Fsp3) is 0.312. The zero-order chi connectivity index (χ0) is 26.9. The van der Waals surface area contributed by atoms with E-state index in [1.807, 2.05) is 82.3 Å². The van der Waals surface area contributed by atoms with Gasteiger partial charge in [0.25, 0.3) is 0 Å². The fourth-order valence-corrected chi connectivity index (χ4v) is 5.04. The highest BCUT2D eigenvalue weighted by atomic mass is 16.5. The van der Waals surface area contributed by atoms with Gasteiger partial charge in [0.2, 0.25) is 5.89 Å². The highest BCUT2D eigenvalue weighted by Crippen LogP contribution is 2.40. The Morgan fingerprint density at radius 3 is 2.45 bits per heavy atom. The van der Waals surface area contributed by atoms with E-state index in [1.165, 1.54) is 0 Å². The predicted octanol–water partition coefficient (Wildman–Crippen LogP) is 6.99. The van der Waals surface area contributed by atoms with E-state index in [4.69, 9.17) is 18.9 Å². The maximum atomic E-state index is 11.9. The van der Waals surface area contributed by atoms with Crippen LogP contribution in [0.5, 0.6) is 11.5 Å². The van der Waals surface area contributed by atoms with Gasteiger partial charge < -0.3 is 19.0 Å². The van der Waals surface area contributed by atoms with Gasteiger partial charge in [-0.25, -0.2) is 4.98 Å². The zero-order valence-corrected chi connectivity index (χ0v) is 22.2. The molecule has 4 aromatic rings. The van der Waals surface area contributed by atoms with Crippen molar-refractivity contribution in [2.24, 2.45) is 11.3 Å². The van der Waals surface area contributed by atoms with Gasteiger partial charge in [-0.15, -0.1) is 0 Å². The third-order valence-electron chi connectivity index (χ3n) is 7.01. The Labute approximate surface area is 223 Å². The maximum Gasteiger partial charge on any atom is 0.310 e. The lowest BCUT2D eigenvalue weighted by atomic mass is 9.77. The molecule has 1 aliphatic rings. The van der Waals surface area contributed by atoms with Crippen LogP contribution in [0.25, 0.3) is 22.6 Å². The van der Waals surface area contributed by atoms with Crippen LogP contribution in [0.4, 0.5) is 0 Å². The highest BCUT2D eigenvalue weighted by Gasteiger charge is 2.42. The Hall–Kier alpha value is -4.06. The fourth-order valence-electron chi connectivity index (χ4n) is 5.04. The topological polar surface area (TPSA) is 81.8 Å². The Morgan fingerprint density at radius 2 is 1.74 bits per heavy atom. The third kappa shape index (κ3) is 5.30. The van der Waals surface area contributed by atoms with E-state index in [9.17, 15) is 9.90 Å². The first-order chi connectivity index (χ1) is 18.2. The second-order valence-electron chi connectivity index (χ2n) is 10.9. The van der Waals surface area contributed by atoms with Crippen LogP contribution >= 0.6 is 0 Å². The number of hydrogen-bond acceptors (Lipinski definition) is 5. The van der Waals surface area contributed by atoms with Crippen molar-refractivity contribution in [1.29, 1.82) is 0 Å². The average Bonchev–Trinajstić information content (AvgIpc) is 3.28. The molecule has 6 heteroatoms. The van der Waals surface area contributed by atoms with Gasteiger partial charge in [-0.05, 0) is 47.6 Å². The standard InChI is InChI=1S/C32H33NO5/c1-20-27(33-30(37-20)25-13-9-8-12-24(25)21-10-6-5-7-11-21)16-17-36-23-15-14-22-18-26(31(34)35)29(32(2,3)4)38-28(22)19-23/h5-15,19,26,29H,16-18H2,1-4H3,(H,34,35). The average molecular weight is 512 g/mol. The Balaban J connectivity index is 1.29. The first-order valence-electron chi connectivity index (χ1n) is 13.0. The molecular weight excluding hydrogens is 478 g/mol. The third-order valence-corrected chi connectivity index (χ3v) is 7.01. The van der Waals surface area contributed by atoms with E-state index >= 15 is 0 Å². The minimum Gasteiger partial charge on any atom is -0.493 e. The molecule has 0 fully saturated rings. The molecule has 6 nitrogen and oxygen atoms in total. The van der Waals surface area contributed by atoms with Crippen LogP contribution in [-0.4, -0.2) is 28.8 Å². The molecule has 0 radical (unpaired) electrons. The normalized spacial score (nSPS) is 16.9. The van der Waals surface area contributed by atoms with E-state index < -0.39 is 18.0 Å². The Bertz CT molecular complexity index is 1430. The smallest absolute Gasteiger partial charge is 0.310 e. The van der Waals surface area contributed by atoms with Crippen molar-refractivity contribution in [2.75, 3.05) is 6.61 Å². The van der Waals surface area contributed by atoms with Crippen molar-refractivity contribution < 1.29 is 23.8 Å². The number of aliphatic carboxylic acids is 1. The molecule has 0 spiro atoms. The molecule has 1 aromatic heterocycles. The molecule has 1 aliphatic heterocycles. The van der Waals surface area contributed by atoms with Gasteiger partial charge in [0.05, 0.1) is 18.2 Å². The summed E-state index contributed by atoms with van der Waals surface area (Å²) in [7, 11) is 0. The summed E-state index contributed by atoms with van der Waals surface area (Å²) >= 11 is 0. The number of carbonyl (C=O) groups is 1. The lowest BCUT2D eigenvalue weighted by Crippen LogP contribution is -2.46. The summed E-state index contributed by atoms with van der Waals surface area (Å²) < 4.78 is 18.3. The SMILES string of the molecule is Cc1oc(-c2ccccc2-c2ccccc2)nc1CCOc1ccc2c(c1)OC(C(C)(C)C)C(C(=O)O)C2. The molecule has 2 heterocycles. The number of aromatic nitrogens is 1. The van der Waals surface area contributed by atoms with Gasteiger partial charge in [-0.2, -0.15) is 0 Å². The molecule has 38 heavy (non-hydrogen) atoms. The van der Waals surface area contributed by atoms with Crippen LogP contribution < -0.4 is 9.47 Å². The van der Waals surface area contributed by atoms with Crippen LogP contribution in [0.3, 0.4) is 0 Å². The number of fused-ring (bicyclic) bond motifs is 1. The van der Waals surface area contributed by atoms with Gasteiger partial charge in [0, 0.05) is 18.1 Å². The zero-order valence-electron chi connectivity index (χ0n) is 22.2. The quantitative estimate of drug-likeness (QED) is 0.288. The van der Waals surface area contributed by atoms with E-state index in [0.717, 1.165) is 33.7 Å². The van der Waals surface area contributed by atoms with E-state index in [1.54, 1.807) is 0 Å². The number of nitrogens with zero attached hydrogens (tertiary/aromatic N) is 1. The number of carboxylic acid groups (broad SMARTS) is 1. The van der Waals surface area contributed by atoms with Gasteiger partial charge in [-0.1, -0.05) is 75.4 Å². The van der Waals surface area contributed by atoms with Crippen molar-refractivity contribution in [3.8, 4) is 34.1 Å². The second kappa shape index (κ2) is 10.4. The van der Waals surface area contributed by atoms with Crippen LogP contribution in [0.2, 0.25) is 0 Å². The summed E-state index contributed by atoms with van der Waals surface area (Å²) in [6.07, 6.45) is 0.614. The van der Waals surface area contributed by atoms with Crippen molar-refractivity contribution >= 4 is 5.97 Å². The molecule has 0 saturated carbocycles. The second-order valence-corrected chi connectivity index (χ2v) is 10.9. The predicted molar refractivity (Wildman–Crippen MR) is 146 cm³/mol. The monoisotopic (exact) mass is 511 g/mol. The minimum absolute atomic E-state index is 0.307. The number of rotatable bonds is 7. The largest absolute Gasteiger partial charge is 0.493 e. The van der Waals surface area contributed by atoms with Crippen molar-refractivity contribution in [2.45, 2.75) is 46.6 Å². The van der Waals surface area contributed by atoms with E-state index in [-0.39, 0.29) is 5.41 Å². The van der Waals surface area contributed by atoms with Crippen LogP contribution in [-0.2, 0) is 17.6 Å². The molecule has 2 unspecified atom stereocenters.